The lowest BCUT2D eigenvalue weighted by Crippen LogP contribution is -2.14. The van der Waals surface area contributed by atoms with Gasteiger partial charge in [-0.15, -0.1) is 10.2 Å². The van der Waals surface area contributed by atoms with Gasteiger partial charge in [-0.05, 0) is 18.1 Å². The van der Waals surface area contributed by atoms with Gasteiger partial charge in [-0.3, -0.25) is 0 Å². The number of rotatable bonds is 6. The van der Waals surface area contributed by atoms with E-state index in [2.05, 4.69) is 20.7 Å². The quantitative estimate of drug-likeness (QED) is 0.688. The summed E-state index contributed by atoms with van der Waals surface area (Å²) in [7, 11) is -3.43. The van der Waals surface area contributed by atoms with Crippen molar-refractivity contribution in [3.63, 3.8) is 0 Å². The van der Waals surface area contributed by atoms with E-state index >= 15 is 0 Å². The number of aromatic nitrogens is 2. The van der Waals surface area contributed by atoms with Crippen LogP contribution in [-0.4, -0.2) is 30.9 Å². The zero-order valence-electron chi connectivity index (χ0n) is 15.4. The number of nitrogens with one attached hydrogen (secondary N) is 1. The second-order valence-electron chi connectivity index (χ2n) is 6.84. The van der Waals surface area contributed by atoms with Gasteiger partial charge in [0, 0.05) is 6.54 Å². The number of benzene rings is 2. The molecule has 0 radical (unpaired) electrons. The Kier molecular flexibility index (Phi) is 4.95. The summed E-state index contributed by atoms with van der Waals surface area (Å²) in [6, 6.07) is 17.3. The molecule has 1 aromatic heterocycles. The summed E-state index contributed by atoms with van der Waals surface area (Å²) >= 11 is 0. The second-order valence-corrected chi connectivity index (χ2v) is 8.91. The fourth-order valence-electron chi connectivity index (χ4n) is 3.15. The van der Waals surface area contributed by atoms with E-state index in [-0.39, 0.29) is 29.2 Å². The van der Waals surface area contributed by atoms with Crippen LogP contribution in [0.2, 0.25) is 0 Å². The highest BCUT2D eigenvalue weighted by Crippen LogP contribution is 2.24. The lowest BCUT2D eigenvalue weighted by atomic mass is 9.95. The van der Waals surface area contributed by atoms with Gasteiger partial charge in [0.05, 0.1) is 11.7 Å². The molecule has 0 amide bonds. The van der Waals surface area contributed by atoms with E-state index < -0.39 is 9.84 Å². The Labute approximate surface area is 163 Å². The van der Waals surface area contributed by atoms with Gasteiger partial charge < -0.3 is 9.84 Å². The van der Waals surface area contributed by atoms with Gasteiger partial charge in [-0.25, -0.2) is 8.42 Å². The standard InChI is InChI=1S/C20H20N4O3S/c1-14-7-9-15(10-8-14)12-28(25,26)13-18-22-24-20(27-18)19-17(11-21-23-19)16-5-3-2-4-6-16/h2-10,17,21H,11-13H2,1H3. The van der Waals surface area contributed by atoms with Gasteiger partial charge in [-0.1, -0.05) is 60.2 Å². The van der Waals surface area contributed by atoms with Crippen LogP contribution in [0.1, 0.15) is 34.4 Å². The van der Waals surface area contributed by atoms with E-state index in [1.807, 2.05) is 61.5 Å². The predicted octanol–water partition coefficient (Wildman–Crippen LogP) is 2.58. The van der Waals surface area contributed by atoms with Crippen molar-refractivity contribution in [1.29, 1.82) is 0 Å². The Morgan fingerprint density at radius 3 is 2.54 bits per heavy atom. The van der Waals surface area contributed by atoms with E-state index in [4.69, 9.17) is 4.42 Å². The fourth-order valence-corrected chi connectivity index (χ4v) is 4.44. The molecule has 1 N–H and O–H groups in total. The summed E-state index contributed by atoms with van der Waals surface area (Å²) in [6.07, 6.45) is 0. The highest BCUT2D eigenvalue weighted by atomic mass is 32.2. The lowest BCUT2D eigenvalue weighted by Gasteiger charge is -2.09. The molecule has 3 aromatic rings. The maximum absolute atomic E-state index is 12.5. The molecule has 144 valence electrons. The first-order valence-electron chi connectivity index (χ1n) is 8.94. The van der Waals surface area contributed by atoms with Crippen molar-refractivity contribution >= 4 is 15.5 Å². The third-order valence-corrected chi connectivity index (χ3v) is 6.02. The fraction of sp³-hybridized carbons (Fsp3) is 0.250. The van der Waals surface area contributed by atoms with E-state index in [9.17, 15) is 8.42 Å². The Bertz CT molecular complexity index is 1090. The molecular weight excluding hydrogens is 376 g/mol. The number of hydrogen-bond acceptors (Lipinski definition) is 7. The number of hydrazone groups is 1. The first-order chi connectivity index (χ1) is 13.5. The Morgan fingerprint density at radius 2 is 1.79 bits per heavy atom. The molecule has 0 saturated heterocycles. The first kappa shape index (κ1) is 18.4. The van der Waals surface area contributed by atoms with Crippen LogP contribution >= 0.6 is 0 Å². The second kappa shape index (κ2) is 7.55. The Morgan fingerprint density at radius 1 is 1.04 bits per heavy atom. The summed E-state index contributed by atoms with van der Waals surface area (Å²) in [4.78, 5) is 0. The van der Waals surface area contributed by atoms with Crippen molar-refractivity contribution in [1.82, 2.24) is 15.6 Å². The van der Waals surface area contributed by atoms with Crippen LogP contribution in [0.3, 0.4) is 0 Å². The van der Waals surface area contributed by atoms with Crippen molar-refractivity contribution in [2.75, 3.05) is 6.54 Å². The van der Waals surface area contributed by atoms with E-state index in [1.165, 1.54) is 0 Å². The van der Waals surface area contributed by atoms with Gasteiger partial charge in [0.1, 0.15) is 11.5 Å². The third kappa shape index (κ3) is 4.12. The molecule has 1 aliphatic rings. The summed E-state index contributed by atoms with van der Waals surface area (Å²) in [5.41, 5.74) is 6.48. The highest BCUT2D eigenvalue weighted by molar-refractivity contribution is 7.89. The average molecular weight is 396 g/mol. The molecule has 0 bridgehead atoms. The van der Waals surface area contributed by atoms with Gasteiger partial charge in [-0.2, -0.15) is 5.10 Å². The molecule has 0 aliphatic carbocycles. The highest BCUT2D eigenvalue weighted by Gasteiger charge is 2.29. The zero-order chi connectivity index (χ0) is 19.6. The number of aryl methyl sites for hydroxylation is 1. The van der Waals surface area contributed by atoms with Crippen LogP contribution < -0.4 is 5.43 Å². The smallest absolute Gasteiger partial charge is 0.264 e. The zero-order valence-corrected chi connectivity index (χ0v) is 16.2. The molecule has 0 fully saturated rings. The van der Waals surface area contributed by atoms with E-state index in [0.29, 0.717) is 12.3 Å². The average Bonchev–Trinajstić information content (AvgIpc) is 3.33. The molecule has 1 aliphatic heterocycles. The van der Waals surface area contributed by atoms with Crippen LogP contribution in [-0.2, 0) is 21.3 Å². The van der Waals surface area contributed by atoms with Crippen molar-refractivity contribution in [2.24, 2.45) is 5.10 Å². The molecule has 0 spiro atoms. The molecule has 2 heterocycles. The van der Waals surface area contributed by atoms with Crippen LogP contribution in [0.4, 0.5) is 0 Å². The normalized spacial score (nSPS) is 16.6. The molecule has 1 atom stereocenters. The SMILES string of the molecule is Cc1ccc(CS(=O)(=O)Cc2nnc(C3=NNCC3c3ccccc3)o2)cc1. The molecule has 2 aromatic carbocycles. The van der Waals surface area contributed by atoms with Gasteiger partial charge >= 0.3 is 0 Å². The van der Waals surface area contributed by atoms with Crippen molar-refractivity contribution in [3.05, 3.63) is 83.1 Å². The van der Waals surface area contributed by atoms with E-state index in [0.717, 1.165) is 16.7 Å². The summed E-state index contributed by atoms with van der Waals surface area (Å²) in [5, 5.41) is 12.2. The van der Waals surface area contributed by atoms with Crippen molar-refractivity contribution in [3.8, 4) is 0 Å². The molecule has 0 saturated carbocycles. The molecule has 28 heavy (non-hydrogen) atoms. The minimum Gasteiger partial charge on any atom is -0.418 e. The molecule has 7 nitrogen and oxygen atoms in total. The summed E-state index contributed by atoms with van der Waals surface area (Å²) in [5.74, 6) is -0.0633. The predicted molar refractivity (Wildman–Crippen MR) is 106 cm³/mol. The molecule has 8 heteroatoms. The third-order valence-electron chi connectivity index (χ3n) is 4.56. The van der Waals surface area contributed by atoms with Gasteiger partial charge in [0.2, 0.25) is 5.89 Å². The lowest BCUT2D eigenvalue weighted by molar-refractivity contribution is 0.497. The maximum atomic E-state index is 12.5. The Balaban J connectivity index is 1.49. The first-order valence-corrected chi connectivity index (χ1v) is 10.8. The number of nitrogens with zero attached hydrogens (tertiary/aromatic N) is 3. The van der Waals surface area contributed by atoms with Crippen LogP contribution in [0.5, 0.6) is 0 Å². The molecule has 1 unspecified atom stereocenters. The summed E-state index contributed by atoms with van der Waals surface area (Å²) in [6.45, 7) is 2.59. The van der Waals surface area contributed by atoms with Gasteiger partial charge in [0.15, 0.2) is 9.84 Å². The number of sulfone groups is 1. The largest absolute Gasteiger partial charge is 0.418 e. The molecular formula is C20H20N4O3S. The number of hydrogen-bond donors (Lipinski definition) is 1. The van der Waals surface area contributed by atoms with Crippen LogP contribution in [0.25, 0.3) is 0 Å². The summed E-state index contributed by atoms with van der Waals surface area (Å²) < 4.78 is 30.6. The van der Waals surface area contributed by atoms with E-state index in [1.54, 1.807) is 0 Å². The van der Waals surface area contributed by atoms with Crippen molar-refractivity contribution in [2.45, 2.75) is 24.3 Å². The maximum Gasteiger partial charge on any atom is 0.264 e. The molecule has 4 rings (SSSR count). The topological polar surface area (TPSA) is 97.5 Å². The minimum atomic E-state index is -3.43. The Hall–Kier alpha value is -3.00. The van der Waals surface area contributed by atoms with Crippen molar-refractivity contribution < 1.29 is 12.8 Å². The van der Waals surface area contributed by atoms with Crippen LogP contribution in [0.15, 0.2) is 64.1 Å². The van der Waals surface area contributed by atoms with Crippen LogP contribution in [0, 0.1) is 6.92 Å². The minimum absolute atomic E-state index is 0.0151. The van der Waals surface area contributed by atoms with Gasteiger partial charge in [0.25, 0.3) is 5.89 Å². The monoisotopic (exact) mass is 396 g/mol.